The molecule has 2 aromatic heterocycles. The molecule has 0 aliphatic heterocycles. The monoisotopic (exact) mass is 265 g/mol. The molecule has 2 heterocycles. The summed E-state index contributed by atoms with van der Waals surface area (Å²) in [5.41, 5.74) is 2.78. The molecule has 19 heavy (non-hydrogen) atoms. The molecule has 0 saturated carbocycles. The lowest BCUT2D eigenvalue weighted by Gasteiger charge is -2.29. The first-order chi connectivity index (χ1) is 9.11. The minimum Gasteiger partial charge on any atom is -0.396 e. The van der Waals surface area contributed by atoms with Crippen molar-refractivity contribution >= 4 is 22.8 Å². The number of nitrogens with two attached hydrogens (primary N) is 1. The Bertz CT molecular complexity index is 555. The van der Waals surface area contributed by atoms with Crippen molar-refractivity contribution < 1.29 is 5.11 Å². The maximum atomic E-state index is 9.16. The zero-order valence-electron chi connectivity index (χ0n) is 11.1. The highest BCUT2D eigenvalue weighted by molar-refractivity contribution is 5.87. The average Bonchev–Trinajstić information content (AvgIpc) is 2.87. The van der Waals surface area contributed by atoms with Gasteiger partial charge < -0.3 is 10.4 Å². The summed E-state index contributed by atoms with van der Waals surface area (Å²) in [4.78, 5) is 8.47. The fourth-order valence-electron chi connectivity index (χ4n) is 1.85. The molecule has 0 radical (unpaired) electrons. The zero-order valence-corrected chi connectivity index (χ0v) is 11.1. The number of nitrogen functional groups attached to an aromatic ring is 1. The normalized spacial score (nSPS) is 14.3. The molecule has 0 bridgehead atoms. The molecule has 1 unspecified atom stereocenters. The number of rotatable bonds is 6. The molecular formula is C11H19N7O. The second-order valence-electron chi connectivity index (χ2n) is 4.69. The van der Waals surface area contributed by atoms with E-state index in [-0.39, 0.29) is 12.1 Å². The summed E-state index contributed by atoms with van der Waals surface area (Å²) < 4.78 is 0. The number of hydrogen-bond donors (Lipinski definition) is 5. The molecule has 8 nitrogen and oxygen atoms in total. The van der Waals surface area contributed by atoms with Crippen LogP contribution in [0.4, 0.5) is 11.8 Å². The maximum Gasteiger partial charge on any atom is 0.241 e. The lowest BCUT2D eigenvalue weighted by atomic mass is 9.95. The summed E-state index contributed by atoms with van der Waals surface area (Å²) in [7, 11) is 0. The van der Waals surface area contributed by atoms with E-state index in [2.05, 4.69) is 37.8 Å². The predicted octanol–water partition coefficient (Wildman–Crippen LogP) is 0.602. The molecule has 104 valence electrons. The molecule has 0 spiro atoms. The van der Waals surface area contributed by atoms with Crippen LogP contribution < -0.4 is 16.6 Å². The Morgan fingerprint density at radius 3 is 2.89 bits per heavy atom. The maximum absolute atomic E-state index is 9.16. The summed E-state index contributed by atoms with van der Waals surface area (Å²) in [5, 5.41) is 20.0. The van der Waals surface area contributed by atoms with Crippen LogP contribution in [0.15, 0.2) is 6.20 Å². The molecule has 0 aliphatic rings. The lowest BCUT2D eigenvalue weighted by Crippen LogP contribution is -2.35. The summed E-state index contributed by atoms with van der Waals surface area (Å²) in [6.45, 7) is 4.20. The van der Waals surface area contributed by atoms with Crippen LogP contribution in [0.2, 0.25) is 0 Å². The van der Waals surface area contributed by atoms with Gasteiger partial charge in [0.05, 0.1) is 11.6 Å². The highest BCUT2D eigenvalue weighted by atomic mass is 16.3. The number of fused-ring (bicyclic) bond motifs is 1. The molecule has 0 fully saturated rings. The Morgan fingerprint density at radius 1 is 1.47 bits per heavy atom. The third kappa shape index (κ3) is 2.74. The van der Waals surface area contributed by atoms with Gasteiger partial charge in [-0.25, -0.2) is 5.84 Å². The zero-order chi connectivity index (χ0) is 13.9. The van der Waals surface area contributed by atoms with Gasteiger partial charge in [-0.3, -0.25) is 10.5 Å². The van der Waals surface area contributed by atoms with E-state index in [1.54, 1.807) is 6.20 Å². The van der Waals surface area contributed by atoms with Gasteiger partial charge in [-0.15, -0.1) is 0 Å². The number of aromatic amines is 1. The number of aliphatic hydroxyl groups excluding tert-OH is 1. The van der Waals surface area contributed by atoms with E-state index in [0.29, 0.717) is 23.8 Å². The second kappa shape index (κ2) is 5.37. The van der Waals surface area contributed by atoms with E-state index in [1.165, 1.54) is 0 Å². The van der Waals surface area contributed by atoms with E-state index in [1.807, 2.05) is 6.92 Å². The van der Waals surface area contributed by atoms with Gasteiger partial charge in [0.25, 0.3) is 0 Å². The molecule has 0 saturated heterocycles. The predicted molar refractivity (Wildman–Crippen MR) is 73.5 cm³/mol. The minimum absolute atomic E-state index is 0.110. The third-order valence-corrected chi connectivity index (χ3v) is 3.30. The first kappa shape index (κ1) is 13.5. The average molecular weight is 265 g/mol. The van der Waals surface area contributed by atoms with Crippen LogP contribution in [-0.2, 0) is 0 Å². The highest BCUT2D eigenvalue weighted by Crippen LogP contribution is 2.26. The number of hydrazine groups is 1. The number of aromatic nitrogens is 4. The van der Waals surface area contributed by atoms with E-state index < -0.39 is 0 Å². The molecule has 0 aromatic carbocycles. The van der Waals surface area contributed by atoms with Gasteiger partial charge in [0.2, 0.25) is 5.95 Å². The van der Waals surface area contributed by atoms with Gasteiger partial charge in [0.15, 0.2) is 5.65 Å². The molecule has 0 amide bonds. The topological polar surface area (TPSA) is 125 Å². The number of anilines is 2. The molecule has 6 N–H and O–H groups in total. The quantitative estimate of drug-likeness (QED) is 0.382. The van der Waals surface area contributed by atoms with Gasteiger partial charge in [0.1, 0.15) is 5.82 Å². The van der Waals surface area contributed by atoms with Gasteiger partial charge in [0, 0.05) is 12.1 Å². The van der Waals surface area contributed by atoms with Crippen LogP contribution in [-0.4, -0.2) is 37.4 Å². The number of nitrogens with zero attached hydrogens (tertiary/aromatic N) is 3. The molecule has 2 rings (SSSR count). The van der Waals surface area contributed by atoms with E-state index in [0.717, 1.165) is 11.8 Å². The van der Waals surface area contributed by atoms with Crippen molar-refractivity contribution in [1.82, 2.24) is 20.2 Å². The fourth-order valence-corrected chi connectivity index (χ4v) is 1.85. The molecule has 8 heteroatoms. The van der Waals surface area contributed by atoms with E-state index in [4.69, 9.17) is 10.9 Å². The van der Waals surface area contributed by atoms with Crippen molar-refractivity contribution in [1.29, 1.82) is 0 Å². The van der Waals surface area contributed by atoms with Crippen molar-refractivity contribution in [2.24, 2.45) is 5.84 Å². The van der Waals surface area contributed by atoms with Crippen LogP contribution >= 0.6 is 0 Å². The van der Waals surface area contributed by atoms with Gasteiger partial charge in [-0.2, -0.15) is 15.1 Å². The molecule has 1 atom stereocenters. The number of aliphatic hydroxyl groups is 1. The van der Waals surface area contributed by atoms with Crippen LogP contribution in [0, 0.1) is 0 Å². The Labute approximate surface area is 110 Å². The molecule has 0 aliphatic carbocycles. The van der Waals surface area contributed by atoms with Crippen LogP contribution in [0.1, 0.15) is 26.7 Å². The van der Waals surface area contributed by atoms with E-state index >= 15 is 0 Å². The number of nitrogens with one attached hydrogen (secondary N) is 3. The number of H-pyrrole nitrogens is 1. The van der Waals surface area contributed by atoms with Gasteiger partial charge in [-0.1, -0.05) is 6.92 Å². The van der Waals surface area contributed by atoms with Crippen LogP contribution in [0.25, 0.3) is 11.0 Å². The summed E-state index contributed by atoms with van der Waals surface area (Å²) in [5.74, 6) is 6.31. The van der Waals surface area contributed by atoms with E-state index in [9.17, 15) is 0 Å². The van der Waals surface area contributed by atoms with Gasteiger partial charge >= 0.3 is 0 Å². The first-order valence-electron chi connectivity index (χ1n) is 6.18. The van der Waals surface area contributed by atoms with Crippen molar-refractivity contribution in [2.45, 2.75) is 32.2 Å². The smallest absolute Gasteiger partial charge is 0.241 e. The third-order valence-electron chi connectivity index (χ3n) is 3.30. The minimum atomic E-state index is -0.251. The Morgan fingerprint density at radius 2 is 2.26 bits per heavy atom. The van der Waals surface area contributed by atoms with Crippen LogP contribution in [0.3, 0.4) is 0 Å². The van der Waals surface area contributed by atoms with Gasteiger partial charge in [-0.05, 0) is 19.8 Å². The largest absolute Gasteiger partial charge is 0.396 e. The SMILES string of the molecule is CCC(C)(CCO)Nc1nc(NN)nc2[nH]ncc12. The van der Waals surface area contributed by atoms with Crippen molar-refractivity contribution in [3.8, 4) is 0 Å². The Balaban J connectivity index is 2.40. The first-order valence-corrected chi connectivity index (χ1v) is 6.18. The van der Waals surface area contributed by atoms with Crippen LogP contribution in [0.5, 0.6) is 0 Å². The number of hydrogen-bond acceptors (Lipinski definition) is 7. The summed E-state index contributed by atoms with van der Waals surface area (Å²) in [6, 6.07) is 0. The fraction of sp³-hybridized carbons (Fsp3) is 0.545. The lowest BCUT2D eigenvalue weighted by molar-refractivity contribution is 0.252. The second-order valence-corrected chi connectivity index (χ2v) is 4.69. The standard InChI is InChI=1S/C11H19N7O/c1-3-11(2,4-5-19)16-8-7-6-13-18-9(7)15-10(14-8)17-12/h6,19H,3-5,12H2,1-2H3,(H3,13,14,15,16,17,18). The van der Waals surface area contributed by atoms with Crippen molar-refractivity contribution in [3.05, 3.63) is 6.20 Å². The Kier molecular flexibility index (Phi) is 3.82. The molecular weight excluding hydrogens is 246 g/mol. The van der Waals surface area contributed by atoms with Crippen molar-refractivity contribution in [2.75, 3.05) is 17.3 Å². The highest BCUT2D eigenvalue weighted by Gasteiger charge is 2.23. The summed E-state index contributed by atoms with van der Waals surface area (Å²) in [6.07, 6.45) is 3.13. The van der Waals surface area contributed by atoms with Crippen molar-refractivity contribution in [3.63, 3.8) is 0 Å². The molecule has 2 aromatic rings. The Hall–Kier alpha value is -1.93. The summed E-state index contributed by atoms with van der Waals surface area (Å²) >= 11 is 0.